The minimum atomic E-state index is -4.34. The number of thiazole rings is 1. The molecule has 0 aliphatic rings. The molecule has 0 aliphatic heterocycles. The second-order valence-corrected chi connectivity index (χ2v) is 6.59. The number of nitrogens with zero attached hydrogens (tertiary/aromatic N) is 1. The summed E-state index contributed by atoms with van der Waals surface area (Å²) in [5.41, 5.74) is 1.70. The van der Waals surface area contributed by atoms with Crippen LogP contribution in [0, 0.1) is 6.92 Å². The van der Waals surface area contributed by atoms with Crippen molar-refractivity contribution >= 4 is 17.0 Å². The van der Waals surface area contributed by atoms with Crippen molar-refractivity contribution in [3.8, 4) is 16.3 Å². The van der Waals surface area contributed by atoms with Crippen LogP contribution >= 0.6 is 11.3 Å². The fraction of sp³-hybridized carbons (Fsp3) is 0.167. The number of hydrogen-bond acceptors (Lipinski definition) is 4. The SMILES string of the molecule is Cc1nc(-c2ccc(C(F)(F)F)cc2)sc1CNc1ccc(O)cc1. The quantitative estimate of drug-likeness (QED) is 0.605. The van der Waals surface area contributed by atoms with Gasteiger partial charge in [-0.1, -0.05) is 12.1 Å². The zero-order valence-electron chi connectivity index (χ0n) is 13.3. The van der Waals surface area contributed by atoms with Crippen LogP contribution in [0.5, 0.6) is 5.75 Å². The van der Waals surface area contributed by atoms with Gasteiger partial charge in [0.05, 0.1) is 17.8 Å². The monoisotopic (exact) mass is 364 g/mol. The first kappa shape index (κ1) is 17.3. The van der Waals surface area contributed by atoms with Crippen molar-refractivity contribution in [1.82, 2.24) is 4.98 Å². The van der Waals surface area contributed by atoms with Crippen LogP contribution in [0.2, 0.25) is 0 Å². The van der Waals surface area contributed by atoms with Gasteiger partial charge < -0.3 is 10.4 Å². The molecular formula is C18H15F3N2OS. The summed E-state index contributed by atoms with van der Waals surface area (Å²) < 4.78 is 37.9. The van der Waals surface area contributed by atoms with Gasteiger partial charge in [0.25, 0.3) is 0 Å². The van der Waals surface area contributed by atoms with Crippen LogP contribution < -0.4 is 5.32 Å². The summed E-state index contributed by atoms with van der Waals surface area (Å²) in [6.07, 6.45) is -4.34. The first-order chi connectivity index (χ1) is 11.8. The summed E-state index contributed by atoms with van der Waals surface area (Å²) in [6, 6.07) is 11.7. The Morgan fingerprint density at radius 2 is 1.68 bits per heavy atom. The maximum Gasteiger partial charge on any atom is 0.416 e. The summed E-state index contributed by atoms with van der Waals surface area (Å²) in [7, 11) is 0. The van der Waals surface area contributed by atoms with Crippen molar-refractivity contribution in [2.45, 2.75) is 19.6 Å². The van der Waals surface area contributed by atoms with E-state index in [1.54, 1.807) is 24.3 Å². The molecule has 3 aromatic rings. The Kier molecular flexibility index (Phi) is 4.67. The van der Waals surface area contributed by atoms with Crippen LogP contribution in [-0.2, 0) is 12.7 Å². The third-order valence-electron chi connectivity index (χ3n) is 3.67. The van der Waals surface area contributed by atoms with E-state index in [1.807, 2.05) is 6.92 Å². The standard InChI is InChI=1S/C18H15F3N2OS/c1-11-16(10-22-14-6-8-15(24)9-7-14)25-17(23-11)12-2-4-13(5-3-12)18(19,20)21/h2-9,22,24H,10H2,1H3. The molecule has 0 fully saturated rings. The van der Waals surface area contributed by atoms with Crippen LogP contribution in [0.15, 0.2) is 48.5 Å². The number of aryl methyl sites for hydroxylation is 1. The molecule has 0 aliphatic carbocycles. The highest BCUT2D eigenvalue weighted by Crippen LogP contribution is 2.33. The highest BCUT2D eigenvalue weighted by Gasteiger charge is 2.30. The minimum absolute atomic E-state index is 0.198. The van der Waals surface area contributed by atoms with Crippen molar-refractivity contribution < 1.29 is 18.3 Å². The van der Waals surface area contributed by atoms with E-state index in [9.17, 15) is 18.3 Å². The van der Waals surface area contributed by atoms with Crippen LogP contribution in [0.25, 0.3) is 10.6 Å². The third-order valence-corrected chi connectivity index (χ3v) is 4.88. The lowest BCUT2D eigenvalue weighted by atomic mass is 10.1. The molecule has 130 valence electrons. The van der Waals surface area contributed by atoms with Gasteiger partial charge in [-0.3, -0.25) is 0 Å². The normalized spacial score (nSPS) is 11.5. The van der Waals surface area contributed by atoms with Crippen molar-refractivity contribution in [3.63, 3.8) is 0 Å². The van der Waals surface area contributed by atoms with Gasteiger partial charge >= 0.3 is 6.18 Å². The smallest absolute Gasteiger partial charge is 0.416 e. The number of halogens is 3. The Morgan fingerprint density at radius 1 is 1.04 bits per heavy atom. The largest absolute Gasteiger partial charge is 0.508 e. The Bertz CT molecular complexity index is 856. The van der Waals surface area contributed by atoms with Crippen molar-refractivity contribution in [1.29, 1.82) is 0 Å². The maximum atomic E-state index is 12.6. The number of phenolic OH excluding ortho intramolecular Hbond substituents is 1. The van der Waals surface area contributed by atoms with E-state index in [0.717, 1.165) is 28.4 Å². The van der Waals surface area contributed by atoms with Gasteiger partial charge in [0, 0.05) is 16.1 Å². The molecule has 2 aromatic carbocycles. The molecule has 0 atom stereocenters. The molecule has 0 amide bonds. The van der Waals surface area contributed by atoms with Crippen LogP contribution in [0.1, 0.15) is 16.1 Å². The van der Waals surface area contributed by atoms with Gasteiger partial charge in [0.15, 0.2) is 0 Å². The summed E-state index contributed by atoms with van der Waals surface area (Å²) in [5, 5.41) is 13.2. The first-order valence-corrected chi connectivity index (χ1v) is 8.31. The van der Waals surface area contributed by atoms with E-state index >= 15 is 0 Å². The van der Waals surface area contributed by atoms with Gasteiger partial charge in [-0.05, 0) is 43.3 Å². The maximum absolute atomic E-state index is 12.6. The minimum Gasteiger partial charge on any atom is -0.508 e. The van der Waals surface area contributed by atoms with Crippen LogP contribution in [0.4, 0.5) is 18.9 Å². The number of benzene rings is 2. The van der Waals surface area contributed by atoms with Gasteiger partial charge in [0.2, 0.25) is 0 Å². The molecule has 0 saturated heterocycles. The van der Waals surface area contributed by atoms with Gasteiger partial charge in [0.1, 0.15) is 10.8 Å². The Labute approximate surface area is 146 Å². The molecule has 0 radical (unpaired) electrons. The molecule has 3 nitrogen and oxygen atoms in total. The highest BCUT2D eigenvalue weighted by molar-refractivity contribution is 7.15. The van der Waals surface area contributed by atoms with E-state index in [2.05, 4.69) is 10.3 Å². The second-order valence-electron chi connectivity index (χ2n) is 5.50. The fourth-order valence-electron chi connectivity index (χ4n) is 2.28. The topological polar surface area (TPSA) is 45.2 Å². The predicted octanol–water partition coefficient (Wildman–Crippen LogP) is 5.46. The highest BCUT2D eigenvalue weighted by atomic mass is 32.1. The van der Waals surface area contributed by atoms with E-state index in [4.69, 9.17) is 0 Å². The summed E-state index contributed by atoms with van der Waals surface area (Å²) in [4.78, 5) is 5.46. The van der Waals surface area contributed by atoms with Crippen molar-refractivity contribution in [2.24, 2.45) is 0 Å². The predicted molar refractivity (Wildman–Crippen MR) is 92.7 cm³/mol. The summed E-state index contributed by atoms with van der Waals surface area (Å²) in [5.74, 6) is 0.198. The molecule has 2 N–H and O–H groups in total. The van der Waals surface area contributed by atoms with Gasteiger partial charge in [-0.25, -0.2) is 4.98 Å². The molecular weight excluding hydrogens is 349 g/mol. The number of aromatic hydroxyl groups is 1. The second kappa shape index (κ2) is 6.76. The number of aromatic nitrogens is 1. The third kappa shape index (κ3) is 4.11. The van der Waals surface area contributed by atoms with Crippen LogP contribution in [0.3, 0.4) is 0 Å². The van der Waals surface area contributed by atoms with E-state index < -0.39 is 11.7 Å². The fourth-order valence-corrected chi connectivity index (χ4v) is 3.29. The Balaban J connectivity index is 1.74. The van der Waals surface area contributed by atoms with Crippen molar-refractivity contribution in [2.75, 3.05) is 5.32 Å². The van der Waals surface area contributed by atoms with Crippen molar-refractivity contribution in [3.05, 3.63) is 64.7 Å². The lowest BCUT2D eigenvalue weighted by Crippen LogP contribution is -2.03. The average Bonchev–Trinajstić information content (AvgIpc) is 2.95. The molecule has 0 spiro atoms. The van der Waals surface area contributed by atoms with Crippen LogP contribution in [-0.4, -0.2) is 10.1 Å². The lowest BCUT2D eigenvalue weighted by Gasteiger charge is -2.06. The number of nitrogens with one attached hydrogen (secondary N) is 1. The van der Waals surface area contributed by atoms with Gasteiger partial charge in [-0.15, -0.1) is 11.3 Å². The molecule has 3 rings (SSSR count). The average molecular weight is 364 g/mol. The van der Waals surface area contributed by atoms with E-state index in [0.29, 0.717) is 17.1 Å². The molecule has 1 heterocycles. The number of phenols is 1. The van der Waals surface area contributed by atoms with Gasteiger partial charge in [-0.2, -0.15) is 13.2 Å². The van der Waals surface area contributed by atoms with E-state index in [1.165, 1.54) is 23.5 Å². The number of alkyl halides is 3. The zero-order chi connectivity index (χ0) is 18.0. The molecule has 25 heavy (non-hydrogen) atoms. The first-order valence-electron chi connectivity index (χ1n) is 7.50. The molecule has 1 aromatic heterocycles. The Hall–Kier alpha value is -2.54. The number of rotatable bonds is 4. The molecule has 0 bridgehead atoms. The van der Waals surface area contributed by atoms with E-state index in [-0.39, 0.29) is 5.75 Å². The molecule has 0 saturated carbocycles. The Morgan fingerprint density at radius 3 is 2.28 bits per heavy atom. The summed E-state index contributed by atoms with van der Waals surface area (Å²) in [6.45, 7) is 2.42. The lowest BCUT2D eigenvalue weighted by molar-refractivity contribution is -0.137. The summed E-state index contributed by atoms with van der Waals surface area (Å²) >= 11 is 1.44. The number of anilines is 1. The molecule has 0 unspecified atom stereocenters. The number of hydrogen-bond donors (Lipinski definition) is 2. The molecule has 7 heteroatoms. The zero-order valence-corrected chi connectivity index (χ0v) is 14.1.